The highest BCUT2D eigenvalue weighted by Gasteiger charge is 2.62. The Morgan fingerprint density at radius 2 is 1.78 bits per heavy atom. The van der Waals surface area contributed by atoms with Crippen LogP contribution in [0, 0.1) is 5.92 Å². The molecule has 3 aliphatic heterocycles. The van der Waals surface area contributed by atoms with Gasteiger partial charge >= 0.3 is 6.09 Å². The highest BCUT2D eigenvalue weighted by atomic mass is 32.2. The maximum atomic E-state index is 14.4. The Labute approximate surface area is 305 Å². The van der Waals surface area contributed by atoms with E-state index in [4.69, 9.17) is 17.0 Å². The van der Waals surface area contributed by atoms with Gasteiger partial charge in [-0.05, 0) is 95.5 Å². The molecule has 0 radical (unpaired) electrons. The normalized spacial score (nSPS) is 28.5. The van der Waals surface area contributed by atoms with Gasteiger partial charge in [0.1, 0.15) is 23.2 Å². The minimum Gasteiger partial charge on any atom is -0.444 e. The molecule has 0 unspecified atom stereocenters. The first kappa shape index (κ1) is 37.1. The maximum absolute atomic E-state index is 14.4. The highest BCUT2D eigenvalue weighted by molar-refractivity contribution is 7.91. The average Bonchev–Trinajstić information content (AvgIpc) is 3.99. The van der Waals surface area contributed by atoms with E-state index in [9.17, 15) is 27.6 Å². The summed E-state index contributed by atoms with van der Waals surface area (Å²) >= 11 is 5.84. The number of fused-ring (bicyclic) bond motifs is 3. The fourth-order valence-electron chi connectivity index (χ4n) is 7.29. The van der Waals surface area contributed by atoms with Crippen LogP contribution < -0.4 is 20.7 Å². The molecule has 0 bridgehead atoms. The number of allylic oxidation sites excluding steroid dienone is 1. The number of hydrogen-bond acceptors (Lipinski definition) is 8. The van der Waals surface area contributed by atoms with Gasteiger partial charge in [-0.15, -0.1) is 0 Å². The third kappa shape index (κ3) is 8.85. The van der Waals surface area contributed by atoms with Crippen LogP contribution in [0.2, 0.25) is 0 Å². The van der Waals surface area contributed by atoms with Gasteiger partial charge in [0.25, 0.3) is 5.91 Å². The van der Waals surface area contributed by atoms with Gasteiger partial charge in [-0.3, -0.25) is 19.1 Å². The first-order chi connectivity index (χ1) is 24.1. The average molecular weight is 743 g/mol. The van der Waals surface area contributed by atoms with Crippen molar-refractivity contribution in [3.63, 3.8) is 0 Å². The van der Waals surface area contributed by atoms with E-state index in [1.807, 2.05) is 24.3 Å². The van der Waals surface area contributed by atoms with Gasteiger partial charge in [0.15, 0.2) is 5.11 Å². The third-order valence-corrected chi connectivity index (χ3v) is 12.5. The molecule has 4 N–H and O–H groups in total. The zero-order chi connectivity index (χ0) is 36.6. The molecule has 6 rings (SSSR count). The van der Waals surface area contributed by atoms with Crippen LogP contribution in [0.1, 0.15) is 89.7 Å². The monoisotopic (exact) mass is 742 g/mol. The summed E-state index contributed by atoms with van der Waals surface area (Å²) in [5.74, 6) is -2.15. The molecule has 13 nitrogen and oxygen atoms in total. The SMILES string of the molecule is CC(C)(C)OC(=O)N[C@H]1CCCCCC=C[C@@H]2C[C@@]2(C(=O)NS(=O)(=O)C2CC2)NC(=O)[C@@H]2C[C@@H](NC(=S)N3CCc4ccccc4C3)CN2C1=O. The number of sulfonamides is 1. The number of nitrogens with one attached hydrogen (secondary N) is 4. The molecule has 278 valence electrons. The van der Waals surface area contributed by atoms with Gasteiger partial charge in [0.05, 0.1) is 5.25 Å². The lowest BCUT2D eigenvalue weighted by Gasteiger charge is -2.32. The Morgan fingerprint density at radius 1 is 1.04 bits per heavy atom. The second-order valence-electron chi connectivity index (χ2n) is 15.5. The fraction of sp³-hybridized carbons (Fsp3) is 0.639. The van der Waals surface area contributed by atoms with Crippen molar-refractivity contribution < 1.29 is 32.3 Å². The lowest BCUT2D eigenvalue weighted by molar-refractivity contribution is -0.141. The van der Waals surface area contributed by atoms with Crippen LogP contribution in [0.5, 0.6) is 0 Å². The van der Waals surface area contributed by atoms with Crippen molar-refractivity contribution in [2.75, 3.05) is 13.1 Å². The van der Waals surface area contributed by atoms with Gasteiger partial charge in [-0.1, -0.05) is 49.3 Å². The standard InChI is InChI=1S/C36H50N6O7S2/c1-35(2,3)49-34(46)38-28-14-8-6-4-5-7-13-25-20-36(25,32(45)40-51(47,48)27-15-16-27)39-30(43)29-19-26(22-42(29)31(28)44)37-33(50)41-18-17-23-11-9-10-12-24(23)21-41/h7,9-13,25-29H,4-6,8,14-22H2,1-3H3,(H,37,50)(H,38,46)(H,39,43)(H,40,45)/t25-,26-,28+,29+,36-/m1/s1. The zero-order valence-electron chi connectivity index (χ0n) is 29.6. The molecule has 1 aromatic rings. The quantitative estimate of drug-likeness (QED) is 0.261. The van der Waals surface area contributed by atoms with Crippen LogP contribution in [0.4, 0.5) is 4.79 Å². The molecule has 3 heterocycles. The van der Waals surface area contributed by atoms with Gasteiger partial charge in [-0.25, -0.2) is 13.2 Å². The van der Waals surface area contributed by atoms with Crippen molar-refractivity contribution in [3.05, 3.63) is 47.5 Å². The molecule has 0 spiro atoms. The highest BCUT2D eigenvalue weighted by Crippen LogP contribution is 2.46. The predicted molar refractivity (Wildman–Crippen MR) is 195 cm³/mol. The smallest absolute Gasteiger partial charge is 0.408 e. The Kier molecular flexibility index (Phi) is 10.7. The number of hydrogen-bond donors (Lipinski definition) is 4. The van der Waals surface area contributed by atoms with Crippen molar-refractivity contribution in [3.8, 4) is 0 Å². The predicted octanol–water partition coefficient (Wildman–Crippen LogP) is 2.79. The summed E-state index contributed by atoms with van der Waals surface area (Å²) < 4.78 is 33.3. The number of carbonyl (C=O) groups excluding carboxylic acids is 4. The Balaban J connectivity index is 1.25. The lowest BCUT2D eigenvalue weighted by Crippen LogP contribution is -2.58. The molecular formula is C36H50N6O7S2. The number of ether oxygens (including phenoxy) is 1. The second-order valence-corrected chi connectivity index (χ2v) is 17.9. The summed E-state index contributed by atoms with van der Waals surface area (Å²) in [5.41, 5.74) is 0.237. The molecule has 5 aliphatic rings. The van der Waals surface area contributed by atoms with Gasteiger partial charge in [0.2, 0.25) is 21.8 Å². The first-order valence-electron chi connectivity index (χ1n) is 18.1. The Hall–Kier alpha value is -3.72. The van der Waals surface area contributed by atoms with Crippen LogP contribution >= 0.6 is 12.2 Å². The molecular weight excluding hydrogens is 693 g/mol. The van der Waals surface area contributed by atoms with Crippen molar-refractivity contribution in [1.29, 1.82) is 0 Å². The van der Waals surface area contributed by atoms with E-state index in [2.05, 4.69) is 37.7 Å². The van der Waals surface area contributed by atoms with Gasteiger partial charge in [0, 0.05) is 31.6 Å². The zero-order valence-corrected chi connectivity index (χ0v) is 31.2. The third-order valence-electron chi connectivity index (χ3n) is 10.3. The largest absolute Gasteiger partial charge is 0.444 e. The molecule has 15 heteroatoms. The first-order valence-corrected chi connectivity index (χ1v) is 20.1. The molecule has 4 amide bonds. The topological polar surface area (TPSA) is 166 Å². The van der Waals surface area contributed by atoms with E-state index in [-0.39, 0.29) is 19.4 Å². The number of thiocarbonyl (C=S) groups is 1. The van der Waals surface area contributed by atoms with Gasteiger partial charge < -0.3 is 30.5 Å². The number of amides is 4. The molecule has 51 heavy (non-hydrogen) atoms. The van der Waals surface area contributed by atoms with Crippen molar-refractivity contribution >= 4 is 51.2 Å². The maximum Gasteiger partial charge on any atom is 0.408 e. The van der Waals surface area contributed by atoms with Crippen LogP contribution in [-0.2, 0) is 42.1 Å². The van der Waals surface area contributed by atoms with Crippen LogP contribution in [0.25, 0.3) is 0 Å². The number of rotatable bonds is 5. The fourth-order valence-corrected chi connectivity index (χ4v) is 8.98. The molecule has 1 aromatic carbocycles. The summed E-state index contributed by atoms with van der Waals surface area (Å²) in [7, 11) is -3.86. The number of nitrogens with zero attached hydrogens (tertiary/aromatic N) is 2. The molecule has 0 aromatic heterocycles. The van der Waals surface area contributed by atoms with Crippen LogP contribution in [0.3, 0.4) is 0 Å². The summed E-state index contributed by atoms with van der Waals surface area (Å²) in [6.07, 6.45) is 8.70. The molecule has 3 fully saturated rings. The van der Waals surface area contributed by atoms with E-state index in [1.165, 1.54) is 16.0 Å². The summed E-state index contributed by atoms with van der Waals surface area (Å²) in [6, 6.07) is 5.87. The molecule has 2 saturated carbocycles. The lowest BCUT2D eigenvalue weighted by atomic mass is 10.0. The number of alkyl carbamates (subject to hydrolysis) is 1. The van der Waals surface area contributed by atoms with E-state index in [0.29, 0.717) is 43.8 Å². The van der Waals surface area contributed by atoms with Crippen molar-refractivity contribution in [2.24, 2.45) is 5.92 Å². The number of benzene rings is 1. The van der Waals surface area contributed by atoms with Crippen LogP contribution in [0.15, 0.2) is 36.4 Å². The summed E-state index contributed by atoms with van der Waals surface area (Å²) in [4.78, 5) is 58.8. The van der Waals surface area contributed by atoms with E-state index in [0.717, 1.165) is 25.8 Å². The van der Waals surface area contributed by atoms with Crippen molar-refractivity contribution in [1.82, 2.24) is 30.5 Å². The molecule has 2 aliphatic carbocycles. The van der Waals surface area contributed by atoms with E-state index >= 15 is 0 Å². The van der Waals surface area contributed by atoms with Crippen molar-refractivity contribution in [2.45, 2.75) is 126 Å². The summed E-state index contributed by atoms with van der Waals surface area (Å²) in [5, 5.41) is 8.97. The molecule has 5 atom stereocenters. The Morgan fingerprint density at radius 3 is 2.51 bits per heavy atom. The minimum absolute atomic E-state index is 0.132. The summed E-state index contributed by atoms with van der Waals surface area (Å²) in [6.45, 7) is 6.72. The second kappa shape index (κ2) is 14.7. The minimum atomic E-state index is -3.86. The Bertz CT molecular complexity index is 1690. The van der Waals surface area contributed by atoms with Crippen LogP contribution in [-0.4, -0.2) is 94.7 Å². The van der Waals surface area contributed by atoms with E-state index in [1.54, 1.807) is 20.8 Å². The van der Waals surface area contributed by atoms with E-state index < -0.39 is 74.3 Å². The van der Waals surface area contributed by atoms with Gasteiger partial charge in [-0.2, -0.15) is 0 Å². The number of carbonyl (C=O) groups is 4. The molecule has 1 saturated heterocycles.